The average molecular weight is 1920 g/mol. The summed E-state index contributed by atoms with van der Waals surface area (Å²) in [5.41, 5.74) is 3.96. The van der Waals surface area contributed by atoms with Crippen LogP contribution in [0, 0.1) is 0 Å². The van der Waals surface area contributed by atoms with Gasteiger partial charge in [-0.1, -0.05) is 36.5 Å². The molecule has 7 rings (SSSR count). The molecule has 126 heavy (non-hydrogen) atoms. The number of Topliss-reactive ketones (excluding diaryl/α,β-unsaturated/α-hetero) is 2. The number of nitrogen functional groups attached to an aromatic ring is 1. The monoisotopic (exact) mass is 1920 g/mol. The molecule has 0 spiro atoms. The second-order valence-electron chi connectivity index (χ2n) is 23.5. The summed E-state index contributed by atoms with van der Waals surface area (Å²) in [5.74, 6) is 1.74. The largest absolute Gasteiger partial charge is 1.00 e. The van der Waals surface area contributed by atoms with Gasteiger partial charge in [0.15, 0.2) is 17.3 Å². The van der Waals surface area contributed by atoms with E-state index in [1.165, 1.54) is 106 Å². The van der Waals surface area contributed by atoms with Crippen molar-refractivity contribution in [2.45, 2.75) is 97.6 Å². The molecule has 0 fully saturated rings. The van der Waals surface area contributed by atoms with Gasteiger partial charge in [-0.2, -0.15) is 51.7 Å². The van der Waals surface area contributed by atoms with Crippen LogP contribution in [0.4, 0.5) is 45.2 Å². The van der Waals surface area contributed by atoms with Crippen LogP contribution in [0.15, 0.2) is 204 Å². The molecule has 698 valence electrons. The van der Waals surface area contributed by atoms with E-state index < -0.39 is 84.6 Å². The number of hydrogen-bond acceptors (Lipinski definition) is 28. The molecule has 10 N–H and O–H groups in total. The van der Waals surface area contributed by atoms with E-state index in [0.717, 1.165) is 17.9 Å². The number of carbonyl (C=O) groups is 4. The first-order chi connectivity index (χ1) is 58.1. The van der Waals surface area contributed by atoms with Crippen molar-refractivity contribution in [3.63, 3.8) is 0 Å². The van der Waals surface area contributed by atoms with Crippen LogP contribution in [0.5, 0.6) is 23.0 Å². The number of primary sulfonamides is 2. The smallest absolute Gasteiger partial charge is 0.857 e. The van der Waals surface area contributed by atoms with Crippen LogP contribution >= 0.6 is 35.2 Å². The van der Waals surface area contributed by atoms with Gasteiger partial charge in [-0.05, 0) is 221 Å². The Balaban J connectivity index is -0.00000152. The van der Waals surface area contributed by atoms with Crippen LogP contribution in [0.25, 0.3) is 22.7 Å². The predicted octanol–water partition coefficient (Wildman–Crippen LogP) is 13.1. The maximum Gasteiger partial charge on any atom is 1.00 e. The Bertz CT molecular complexity index is 4820. The number of esters is 1. The number of phenols is 1. The number of aromatic hydroxyl groups is 1. The zero-order valence-electron chi connectivity index (χ0n) is 70.8. The van der Waals surface area contributed by atoms with Gasteiger partial charge in [0, 0.05) is 40.6 Å². The van der Waals surface area contributed by atoms with Crippen LogP contribution in [-0.4, -0.2) is 176 Å². The number of ether oxygens (including phenoxy) is 4. The molecule has 7 aromatic rings. The third-order valence-electron chi connectivity index (χ3n) is 14.1. The minimum atomic E-state index is -5.04. The number of phenolic OH excluding ortho intramolecular Hbond substituents is 1. The van der Waals surface area contributed by atoms with Gasteiger partial charge >= 0.3 is 76.8 Å². The summed E-state index contributed by atoms with van der Waals surface area (Å²) in [6.45, 7) is 18.9. The molecule has 0 radical (unpaired) electrons. The number of alkyl halides is 9. The Labute approximate surface area is 754 Å². The number of ketones is 3. The zero-order chi connectivity index (χ0) is 94.6. The van der Waals surface area contributed by atoms with E-state index >= 15 is 0 Å². The van der Waals surface area contributed by atoms with Gasteiger partial charge in [-0.15, -0.1) is 12.4 Å². The van der Waals surface area contributed by atoms with Gasteiger partial charge in [0.25, 0.3) is 5.78 Å². The maximum atomic E-state index is 13.4. The van der Waals surface area contributed by atoms with Gasteiger partial charge in [-0.3, -0.25) is 33.9 Å². The Morgan fingerprint density at radius 3 is 1.10 bits per heavy atom. The number of benzene rings is 6. The van der Waals surface area contributed by atoms with Crippen molar-refractivity contribution in [2.75, 3.05) is 104 Å². The SMILES string of the molecule is CC(=O)c1ccc(O)cc1.CCO.CCOC(=O)C(F)(F)F.CCOP(=O)(C/C=C/COc1ccc(-c2cc(C(F)(F)F)nn2-c2ccc(S(N)(=O)=O)cc2)cc1)OCC.CCOP(=O)(C/C=C/COc1ccc(C(C)=O)cc1)OCC.CCOP(=O)(C/C=C/COc1ccc(C(O)=CC(=O)C(F)(F)F)cc1)OCC.C[O-].Cl.NNc1ccc(S(N)(=O)=O)cc1.[Na+]. The topological polar surface area (TPSA) is 472 Å². The van der Waals surface area contributed by atoms with Crippen LogP contribution in [-0.2, 0) is 81.4 Å². The Kier molecular flexibility index (Phi) is 60.6. The quantitative estimate of drug-likeness (QED) is 0.00182. The number of aromatic nitrogens is 2. The molecule has 1 aromatic heterocycles. The number of allylic oxidation sites excluding steroid dienone is 4. The molecule has 47 heteroatoms. The van der Waals surface area contributed by atoms with E-state index in [-0.39, 0.29) is 163 Å². The summed E-state index contributed by atoms with van der Waals surface area (Å²) < 4.78 is 244. The number of sulfonamides is 2. The number of halogens is 10. The zero-order valence-corrected chi connectivity index (χ0v) is 77.9. The van der Waals surface area contributed by atoms with Crippen molar-refractivity contribution < 1.29 is 185 Å². The third kappa shape index (κ3) is 50.4. The number of carbonyl (C=O) groups excluding carboxylic acids is 4. The molecule has 0 atom stereocenters. The van der Waals surface area contributed by atoms with Crippen LogP contribution in [0.1, 0.15) is 101 Å². The standard InChI is InChI=1S/C24H27F3N3O6PS.C18H22F3O6P.C16H23O5P.C8H8O2.C6H9N3O2S.C4H5F3O2.C2H6O.CH3O.ClH.Na/c1-3-35-37(31,36-4-2)16-6-5-15-34-20-11-7-18(8-12-20)22-17-23(24(25,26)27)29-30(22)19-9-13-21(14-10-19)38(28,32)33;1-3-26-28(24,27-4-2)12-6-5-11-25-15-9-7-14(8-10-15)16(22)13-17(23)18(19,20)21;1-4-20-22(18,21-5-2)13-7-6-12-19-16-10-8-15(9-11-16)14(3)17;1-6(9)7-2-4-8(10)5-3-7;7-9-5-1-3-6(4-2-5)12(8,10)11;1-2-9-3(8)4(5,6)7;1-2-3;1-2;;/h5-14,17H,3-4,15-16H2,1-2H3,(H2,28,32,33);5-10,13,22H,3-4,11-12H2,1-2H3;6-11H,4-5,12-13H2,1-3H3;2-5,10H,1H3;1-4,9H,7H2,(H2,8,10,11);2H2,1H3;3H,2H2,1H3;1H3;1H;/q;;;;;;;-1;;+1/b6-5+;6-5+,16-13?;7-6+;;;;;;;. The Hall–Kier alpha value is -8.42. The summed E-state index contributed by atoms with van der Waals surface area (Å²) in [5, 5.41) is 47.9. The van der Waals surface area contributed by atoms with Crippen molar-refractivity contribution >= 4 is 90.0 Å². The number of hydrazine groups is 1. The number of nitrogens with zero attached hydrogens (tertiary/aromatic N) is 2. The van der Waals surface area contributed by atoms with E-state index in [1.807, 2.05) is 0 Å². The van der Waals surface area contributed by atoms with Crippen molar-refractivity contribution in [2.24, 2.45) is 16.1 Å². The van der Waals surface area contributed by atoms with Crippen LogP contribution in [0.3, 0.4) is 0 Å². The van der Waals surface area contributed by atoms with Gasteiger partial charge in [-0.25, -0.2) is 36.6 Å². The molecular weight excluding hydrogens is 1820 g/mol. The first-order valence-corrected chi connectivity index (χ1v) is 45.2. The first kappa shape index (κ1) is 122. The number of aliphatic hydroxyl groups excluding tert-OH is 2. The molecule has 0 saturated carbocycles. The second-order valence-corrected chi connectivity index (χ2v) is 32.9. The number of aliphatic hydroxyl groups is 2. The molecule has 0 amide bonds. The fraction of sp³-hybridized carbons (Fsp3) is 0.354. The van der Waals surface area contributed by atoms with Crippen molar-refractivity contribution in [1.29, 1.82) is 0 Å². The summed E-state index contributed by atoms with van der Waals surface area (Å²) >= 11 is 0. The maximum absolute atomic E-state index is 13.4. The summed E-state index contributed by atoms with van der Waals surface area (Å²) in [4.78, 5) is 42.3. The molecule has 0 aliphatic heterocycles. The first-order valence-electron chi connectivity index (χ1n) is 36.9. The van der Waals surface area contributed by atoms with E-state index in [1.54, 1.807) is 146 Å². The van der Waals surface area contributed by atoms with Crippen molar-refractivity contribution in [3.8, 4) is 39.9 Å². The van der Waals surface area contributed by atoms with E-state index in [2.05, 4.69) is 15.3 Å². The van der Waals surface area contributed by atoms with Crippen LogP contribution in [0.2, 0.25) is 0 Å². The number of hydrogen-bond donors (Lipinski definition) is 7. The fourth-order valence-corrected chi connectivity index (χ4v) is 14.2. The molecule has 1 heterocycles. The van der Waals surface area contributed by atoms with Crippen molar-refractivity contribution in [3.05, 3.63) is 217 Å². The molecule has 0 bridgehead atoms. The fourth-order valence-electron chi connectivity index (χ4n) is 8.72. The summed E-state index contributed by atoms with van der Waals surface area (Å²) in [7, 11) is -16.2. The predicted molar refractivity (Wildman–Crippen MR) is 453 cm³/mol. The van der Waals surface area contributed by atoms with Crippen molar-refractivity contribution in [1.82, 2.24) is 9.78 Å². The molecule has 6 aromatic carbocycles. The normalized spacial score (nSPS) is 11.6. The van der Waals surface area contributed by atoms with Crippen LogP contribution < -0.4 is 70.4 Å². The summed E-state index contributed by atoms with van der Waals surface area (Å²) in [6, 6.07) is 36.6. The Morgan fingerprint density at radius 2 is 0.817 bits per heavy atom. The second kappa shape index (κ2) is 62.7. The summed E-state index contributed by atoms with van der Waals surface area (Å²) in [6.07, 6.45) is -4.01. The molecule has 0 aliphatic rings. The molecule has 0 saturated heterocycles. The Morgan fingerprint density at radius 1 is 0.500 bits per heavy atom. The number of anilines is 1. The molecule has 0 aliphatic carbocycles. The number of nitrogens with one attached hydrogen (secondary N) is 1. The van der Waals surface area contributed by atoms with Gasteiger partial charge in [0.05, 0.1) is 85.9 Å². The number of rotatable bonds is 37. The third-order valence-corrected chi connectivity index (χ3v) is 21.9. The van der Waals surface area contributed by atoms with E-state index in [0.29, 0.717) is 59.4 Å². The number of nitrogens with two attached hydrogens (primary N) is 3. The minimum absolute atomic E-state index is 0. The molecular formula is C79H104ClF9N6NaO25P3S2. The van der Waals surface area contributed by atoms with Gasteiger partial charge in [0.2, 0.25) is 20.0 Å². The van der Waals surface area contributed by atoms with E-state index in [9.17, 15) is 94.3 Å². The van der Waals surface area contributed by atoms with Gasteiger partial charge in [0.1, 0.15) is 48.6 Å². The molecule has 31 nitrogen and oxygen atoms in total. The van der Waals surface area contributed by atoms with Gasteiger partial charge < -0.3 is 71.9 Å². The molecule has 0 unspecified atom stereocenters. The average Bonchev–Trinajstić information content (AvgIpc) is 1.63. The van der Waals surface area contributed by atoms with E-state index in [4.69, 9.17) is 72.8 Å². The minimum Gasteiger partial charge on any atom is -0.857 e.